The van der Waals surface area contributed by atoms with E-state index in [1.165, 1.54) is 18.9 Å². The molecule has 0 saturated carbocycles. The van der Waals surface area contributed by atoms with Crippen molar-refractivity contribution >= 4 is 33.7 Å². The molecule has 0 fully saturated rings. The number of halogens is 1. The molecule has 0 bridgehead atoms. The van der Waals surface area contributed by atoms with Crippen LogP contribution >= 0.6 is 27.7 Å². The van der Waals surface area contributed by atoms with E-state index in [0.29, 0.717) is 17.7 Å². The molecule has 0 aliphatic heterocycles. The second-order valence-corrected chi connectivity index (χ2v) is 4.98. The van der Waals surface area contributed by atoms with Crippen molar-refractivity contribution in [3.8, 4) is 6.07 Å². The van der Waals surface area contributed by atoms with E-state index in [-0.39, 0.29) is 5.97 Å². The van der Waals surface area contributed by atoms with Crippen LogP contribution in [-0.4, -0.2) is 18.8 Å². The van der Waals surface area contributed by atoms with Gasteiger partial charge in [0.1, 0.15) is 6.07 Å². The highest BCUT2D eigenvalue weighted by Gasteiger charge is 2.05. The summed E-state index contributed by atoms with van der Waals surface area (Å²) >= 11 is 4.79. The molecule has 0 aliphatic rings. The summed E-state index contributed by atoms with van der Waals surface area (Å²) in [7, 11) is 1.37. The summed E-state index contributed by atoms with van der Waals surface area (Å²) in [5.74, 6) is 0.381. The lowest BCUT2D eigenvalue weighted by Crippen LogP contribution is -2.01. The zero-order chi connectivity index (χ0) is 12.0. The number of carbonyl (C=O) groups excluding carboxylic acids is 1. The minimum absolute atomic E-state index is 0.233. The van der Waals surface area contributed by atoms with Gasteiger partial charge in [0, 0.05) is 15.1 Å². The second kappa shape index (κ2) is 6.56. The molecule has 1 aromatic carbocycles. The van der Waals surface area contributed by atoms with Crippen molar-refractivity contribution in [2.24, 2.45) is 0 Å². The molecule has 0 saturated heterocycles. The molecule has 0 heterocycles. The Morgan fingerprint density at radius 3 is 3.00 bits per heavy atom. The molecule has 3 nitrogen and oxygen atoms in total. The lowest BCUT2D eigenvalue weighted by molar-refractivity contribution is -0.140. The normalized spacial score (nSPS) is 9.56. The van der Waals surface area contributed by atoms with Crippen molar-refractivity contribution in [2.75, 3.05) is 12.9 Å². The van der Waals surface area contributed by atoms with Crippen LogP contribution in [0.4, 0.5) is 0 Å². The molecule has 1 rings (SSSR count). The smallest absolute Gasteiger partial charge is 0.306 e. The van der Waals surface area contributed by atoms with Gasteiger partial charge in [-0.2, -0.15) is 5.26 Å². The Hall–Kier alpha value is -0.990. The van der Waals surface area contributed by atoms with Crippen LogP contribution in [0.3, 0.4) is 0 Å². The zero-order valence-corrected chi connectivity index (χ0v) is 11.1. The number of nitrogens with zero attached hydrogens (tertiary/aromatic N) is 1. The molecule has 1 aromatic rings. The number of rotatable bonds is 4. The predicted octanol–water partition coefficient (Wildman–Crippen LogP) is 2.98. The molecule has 0 N–H and O–H groups in total. The number of ether oxygens (including phenoxy) is 1. The molecule has 84 valence electrons. The summed E-state index contributed by atoms with van der Waals surface area (Å²) in [4.78, 5) is 11.8. The quantitative estimate of drug-likeness (QED) is 0.633. The maximum absolute atomic E-state index is 10.9. The van der Waals surface area contributed by atoms with E-state index in [0.717, 1.165) is 9.37 Å². The third-order valence-electron chi connectivity index (χ3n) is 1.85. The fourth-order valence-corrected chi connectivity index (χ4v) is 2.34. The van der Waals surface area contributed by atoms with Crippen LogP contribution in [0, 0.1) is 11.3 Å². The molecular formula is C11H10BrNO2S. The van der Waals surface area contributed by atoms with E-state index in [2.05, 4.69) is 26.7 Å². The Kier molecular flexibility index (Phi) is 5.36. The first-order valence-corrected chi connectivity index (χ1v) is 6.34. The van der Waals surface area contributed by atoms with E-state index in [4.69, 9.17) is 5.26 Å². The Morgan fingerprint density at radius 2 is 2.38 bits per heavy atom. The van der Waals surface area contributed by atoms with E-state index < -0.39 is 0 Å². The largest absolute Gasteiger partial charge is 0.469 e. The number of esters is 1. The van der Waals surface area contributed by atoms with Crippen LogP contribution in [0.5, 0.6) is 0 Å². The molecule has 0 radical (unpaired) electrons. The third-order valence-corrected chi connectivity index (χ3v) is 3.42. The monoisotopic (exact) mass is 299 g/mol. The SMILES string of the molecule is COC(=O)CCSc1ccc(Br)cc1C#N. The van der Waals surface area contributed by atoms with Gasteiger partial charge in [-0.1, -0.05) is 15.9 Å². The van der Waals surface area contributed by atoms with Gasteiger partial charge in [0.15, 0.2) is 0 Å². The number of methoxy groups -OCH3 is 1. The van der Waals surface area contributed by atoms with Gasteiger partial charge in [0.2, 0.25) is 0 Å². The van der Waals surface area contributed by atoms with Gasteiger partial charge in [0.05, 0.1) is 19.1 Å². The Balaban J connectivity index is 2.61. The highest BCUT2D eigenvalue weighted by atomic mass is 79.9. The van der Waals surface area contributed by atoms with E-state index in [9.17, 15) is 4.79 Å². The van der Waals surface area contributed by atoms with Gasteiger partial charge >= 0.3 is 5.97 Å². The summed E-state index contributed by atoms with van der Waals surface area (Å²) in [5.41, 5.74) is 0.615. The lowest BCUT2D eigenvalue weighted by Gasteiger charge is -2.03. The van der Waals surface area contributed by atoms with Crippen LogP contribution in [0.1, 0.15) is 12.0 Å². The summed E-state index contributed by atoms with van der Waals surface area (Å²) in [6.07, 6.45) is 0.349. The number of hydrogen-bond acceptors (Lipinski definition) is 4. The average Bonchev–Trinajstić information content (AvgIpc) is 2.30. The number of carbonyl (C=O) groups is 1. The predicted molar refractivity (Wildman–Crippen MR) is 66.2 cm³/mol. The van der Waals surface area contributed by atoms with E-state index in [1.54, 1.807) is 6.07 Å². The second-order valence-electron chi connectivity index (χ2n) is 2.93. The highest BCUT2D eigenvalue weighted by Crippen LogP contribution is 2.25. The van der Waals surface area contributed by atoms with Gasteiger partial charge in [-0.05, 0) is 18.2 Å². The third kappa shape index (κ3) is 3.87. The minimum atomic E-state index is -0.233. The zero-order valence-electron chi connectivity index (χ0n) is 8.70. The number of thioether (sulfide) groups is 1. The first kappa shape index (κ1) is 13.1. The molecule has 5 heteroatoms. The van der Waals surface area contributed by atoms with Gasteiger partial charge in [-0.3, -0.25) is 4.79 Å². The molecule has 0 atom stereocenters. The first-order valence-electron chi connectivity index (χ1n) is 4.56. The number of nitriles is 1. The lowest BCUT2D eigenvalue weighted by atomic mass is 10.2. The molecule has 0 unspecified atom stereocenters. The summed E-state index contributed by atoms with van der Waals surface area (Å²) in [6, 6.07) is 7.63. The standard InChI is InChI=1S/C11H10BrNO2S/c1-15-11(14)4-5-16-10-3-2-9(12)6-8(10)7-13/h2-3,6H,4-5H2,1H3. The van der Waals surface area contributed by atoms with Crippen molar-refractivity contribution in [3.05, 3.63) is 28.2 Å². The molecular weight excluding hydrogens is 290 g/mol. The molecule has 16 heavy (non-hydrogen) atoms. The molecule has 0 spiro atoms. The maximum atomic E-state index is 10.9. The van der Waals surface area contributed by atoms with Crippen LogP contribution in [0.25, 0.3) is 0 Å². The summed E-state index contributed by atoms with van der Waals surface area (Å²) in [6.45, 7) is 0. The van der Waals surface area contributed by atoms with Crippen molar-refractivity contribution in [1.82, 2.24) is 0 Å². The van der Waals surface area contributed by atoms with Gasteiger partial charge in [-0.25, -0.2) is 0 Å². The molecule has 0 aromatic heterocycles. The van der Waals surface area contributed by atoms with Crippen molar-refractivity contribution in [3.63, 3.8) is 0 Å². The Bertz CT molecular complexity index is 428. The summed E-state index contributed by atoms with van der Waals surface area (Å²) in [5, 5.41) is 8.92. The highest BCUT2D eigenvalue weighted by molar-refractivity contribution is 9.10. The molecule has 0 amide bonds. The topological polar surface area (TPSA) is 50.1 Å². The van der Waals surface area contributed by atoms with Crippen molar-refractivity contribution in [1.29, 1.82) is 5.26 Å². The van der Waals surface area contributed by atoms with Gasteiger partial charge in [0.25, 0.3) is 0 Å². The fourth-order valence-electron chi connectivity index (χ4n) is 1.06. The minimum Gasteiger partial charge on any atom is -0.469 e. The number of benzene rings is 1. The van der Waals surface area contributed by atoms with E-state index in [1.807, 2.05) is 12.1 Å². The Morgan fingerprint density at radius 1 is 1.62 bits per heavy atom. The van der Waals surface area contributed by atoms with Crippen molar-refractivity contribution < 1.29 is 9.53 Å². The first-order chi connectivity index (χ1) is 7.67. The molecule has 0 aliphatic carbocycles. The van der Waals surface area contributed by atoms with Crippen LogP contribution in [-0.2, 0) is 9.53 Å². The van der Waals surface area contributed by atoms with Crippen molar-refractivity contribution in [2.45, 2.75) is 11.3 Å². The number of hydrogen-bond donors (Lipinski definition) is 0. The maximum Gasteiger partial charge on any atom is 0.306 e. The van der Waals surface area contributed by atoms with Crippen LogP contribution in [0.2, 0.25) is 0 Å². The summed E-state index contributed by atoms with van der Waals surface area (Å²) < 4.78 is 5.42. The average molecular weight is 300 g/mol. The van der Waals surface area contributed by atoms with Crippen LogP contribution < -0.4 is 0 Å². The van der Waals surface area contributed by atoms with Gasteiger partial charge < -0.3 is 4.74 Å². The fraction of sp³-hybridized carbons (Fsp3) is 0.273. The van der Waals surface area contributed by atoms with E-state index >= 15 is 0 Å². The van der Waals surface area contributed by atoms with Gasteiger partial charge in [-0.15, -0.1) is 11.8 Å². The Labute approximate surface area is 107 Å². The van der Waals surface area contributed by atoms with Crippen LogP contribution in [0.15, 0.2) is 27.6 Å².